The highest BCUT2D eigenvalue weighted by molar-refractivity contribution is 6.39. The van der Waals surface area contributed by atoms with Crippen LogP contribution in [0.4, 0.5) is 11.4 Å². The first-order valence-electron chi connectivity index (χ1n) is 8.28. The van der Waals surface area contributed by atoms with Gasteiger partial charge in [-0.05, 0) is 55.8 Å². The van der Waals surface area contributed by atoms with Crippen molar-refractivity contribution in [2.75, 3.05) is 23.3 Å². The number of halogens is 1. The largest absolute Gasteiger partial charge is 0.372 e. The smallest absolute Gasteiger partial charge is 0.329 e. The fourth-order valence-corrected chi connectivity index (χ4v) is 2.42. The number of hydrazone groups is 1. The molecule has 0 saturated carbocycles. The highest BCUT2D eigenvalue weighted by Gasteiger charge is 2.12. The minimum absolute atomic E-state index is 0.477. The molecule has 0 aliphatic carbocycles. The van der Waals surface area contributed by atoms with E-state index in [1.165, 1.54) is 6.21 Å². The lowest BCUT2D eigenvalue weighted by atomic mass is 10.2. The van der Waals surface area contributed by atoms with Gasteiger partial charge in [-0.1, -0.05) is 23.7 Å². The molecule has 2 aromatic rings. The number of hydrogen-bond donors (Lipinski definition) is 2. The van der Waals surface area contributed by atoms with E-state index in [0.29, 0.717) is 10.7 Å². The van der Waals surface area contributed by atoms with E-state index in [2.05, 4.69) is 34.6 Å². The highest BCUT2D eigenvalue weighted by atomic mass is 35.5. The maximum Gasteiger partial charge on any atom is 0.329 e. The Hall–Kier alpha value is -2.86. The Balaban J connectivity index is 1.87. The summed E-state index contributed by atoms with van der Waals surface area (Å²) in [4.78, 5) is 25.8. The molecule has 0 unspecified atom stereocenters. The summed E-state index contributed by atoms with van der Waals surface area (Å²) < 4.78 is 0. The van der Waals surface area contributed by atoms with Crippen molar-refractivity contribution in [3.63, 3.8) is 0 Å². The quantitative estimate of drug-likeness (QED) is 0.464. The van der Waals surface area contributed by atoms with Crippen molar-refractivity contribution in [2.45, 2.75) is 13.8 Å². The van der Waals surface area contributed by atoms with Crippen LogP contribution in [0.2, 0.25) is 5.02 Å². The molecule has 0 spiro atoms. The van der Waals surface area contributed by atoms with Gasteiger partial charge in [-0.2, -0.15) is 5.10 Å². The van der Waals surface area contributed by atoms with Gasteiger partial charge in [0.05, 0.1) is 6.21 Å². The SMILES string of the molecule is CCN(CC)c1ccc(C=NNC(=O)C(=O)Nc2ccc(Cl)cc2)cc1. The van der Waals surface area contributed by atoms with Crippen molar-refractivity contribution < 1.29 is 9.59 Å². The third-order valence-corrected chi connectivity index (χ3v) is 3.96. The first kappa shape index (κ1) is 19.5. The zero-order chi connectivity index (χ0) is 18.9. The summed E-state index contributed by atoms with van der Waals surface area (Å²) in [5, 5.41) is 6.82. The van der Waals surface area contributed by atoms with Gasteiger partial charge in [-0.15, -0.1) is 0 Å². The zero-order valence-corrected chi connectivity index (χ0v) is 15.5. The molecule has 0 heterocycles. The van der Waals surface area contributed by atoms with Crippen LogP contribution in [0.3, 0.4) is 0 Å². The van der Waals surface area contributed by atoms with Crippen LogP contribution >= 0.6 is 11.6 Å². The molecule has 0 aliphatic heterocycles. The Labute approximate surface area is 157 Å². The van der Waals surface area contributed by atoms with E-state index >= 15 is 0 Å². The molecule has 7 heteroatoms. The molecule has 0 aromatic heterocycles. The van der Waals surface area contributed by atoms with E-state index in [9.17, 15) is 9.59 Å². The van der Waals surface area contributed by atoms with Gasteiger partial charge in [-0.25, -0.2) is 5.43 Å². The van der Waals surface area contributed by atoms with Crippen LogP contribution < -0.4 is 15.6 Å². The molecule has 136 valence electrons. The maximum absolute atomic E-state index is 11.8. The van der Waals surface area contributed by atoms with Gasteiger partial charge >= 0.3 is 11.8 Å². The first-order chi connectivity index (χ1) is 12.5. The molecule has 0 radical (unpaired) electrons. The summed E-state index contributed by atoms with van der Waals surface area (Å²) in [7, 11) is 0. The van der Waals surface area contributed by atoms with Gasteiger partial charge in [0.1, 0.15) is 0 Å². The third-order valence-electron chi connectivity index (χ3n) is 3.71. The Kier molecular flexibility index (Phi) is 7.17. The van der Waals surface area contributed by atoms with Crippen LogP contribution in [-0.4, -0.2) is 31.1 Å². The van der Waals surface area contributed by atoms with Gasteiger partial charge < -0.3 is 10.2 Å². The van der Waals surface area contributed by atoms with Gasteiger partial charge in [0.2, 0.25) is 0 Å². The lowest BCUT2D eigenvalue weighted by molar-refractivity contribution is -0.136. The fraction of sp³-hybridized carbons (Fsp3) is 0.211. The summed E-state index contributed by atoms with van der Waals surface area (Å²) in [6, 6.07) is 14.2. The van der Waals surface area contributed by atoms with Gasteiger partial charge in [0.25, 0.3) is 0 Å². The summed E-state index contributed by atoms with van der Waals surface area (Å²) in [6.45, 7) is 6.07. The number of nitrogens with one attached hydrogen (secondary N) is 2. The molecule has 0 bridgehead atoms. The Morgan fingerprint density at radius 2 is 1.62 bits per heavy atom. The van der Waals surface area contributed by atoms with E-state index in [1.807, 2.05) is 24.3 Å². The average molecular weight is 373 g/mol. The Bertz CT molecular complexity index is 769. The van der Waals surface area contributed by atoms with Crippen LogP contribution in [0, 0.1) is 0 Å². The summed E-state index contributed by atoms with van der Waals surface area (Å²) in [5.41, 5.74) is 4.62. The average Bonchev–Trinajstić information content (AvgIpc) is 2.65. The molecule has 2 N–H and O–H groups in total. The van der Waals surface area contributed by atoms with Crippen molar-refractivity contribution in [1.82, 2.24) is 5.43 Å². The van der Waals surface area contributed by atoms with Crippen LogP contribution in [-0.2, 0) is 9.59 Å². The highest BCUT2D eigenvalue weighted by Crippen LogP contribution is 2.14. The molecule has 2 rings (SSSR count). The van der Waals surface area contributed by atoms with Gasteiger partial charge in [0.15, 0.2) is 0 Å². The number of anilines is 2. The number of rotatable bonds is 6. The molecule has 2 aromatic carbocycles. The number of benzene rings is 2. The molecule has 26 heavy (non-hydrogen) atoms. The number of hydrogen-bond acceptors (Lipinski definition) is 4. The summed E-state index contributed by atoms with van der Waals surface area (Å²) in [5.74, 6) is -1.66. The molecule has 0 saturated heterocycles. The second-order valence-electron chi connectivity index (χ2n) is 5.42. The number of nitrogens with zero attached hydrogens (tertiary/aromatic N) is 2. The molecule has 0 fully saturated rings. The van der Waals surface area contributed by atoms with Gasteiger partial charge in [-0.3, -0.25) is 9.59 Å². The fourth-order valence-electron chi connectivity index (χ4n) is 2.30. The second-order valence-corrected chi connectivity index (χ2v) is 5.86. The van der Waals surface area contributed by atoms with Crippen LogP contribution in [0.15, 0.2) is 53.6 Å². The topological polar surface area (TPSA) is 73.8 Å². The van der Waals surface area contributed by atoms with Crippen molar-refractivity contribution in [1.29, 1.82) is 0 Å². The second kappa shape index (κ2) is 9.58. The van der Waals surface area contributed by atoms with Crippen molar-refractivity contribution >= 4 is 41.0 Å². The number of carbonyl (C=O) groups excluding carboxylic acids is 2. The number of carbonyl (C=O) groups is 2. The van der Waals surface area contributed by atoms with Crippen LogP contribution in [0.1, 0.15) is 19.4 Å². The molecule has 6 nitrogen and oxygen atoms in total. The standard InChI is InChI=1S/C19H21ClN4O2/c1-3-24(4-2)17-11-5-14(6-12-17)13-21-23-19(26)18(25)22-16-9-7-15(20)8-10-16/h5-13H,3-4H2,1-2H3,(H,22,25)(H,23,26). The van der Waals surface area contributed by atoms with Crippen molar-refractivity contribution in [3.8, 4) is 0 Å². The van der Waals surface area contributed by atoms with E-state index in [-0.39, 0.29) is 0 Å². The number of amides is 2. The normalized spacial score (nSPS) is 10.6. The lowest BCUT2D eigenvalue weighted by Gasteiger charge is -2.20. The summed E-state index contributed by atoms with van der Waals surface area (Å²) in [6.07, 6.45) is 1.49. The molecular formula is C19H21ClN4O2. The van der Waals surface area contributed by atoms with E-state index in [4.69, 9.17) is 11.6 Å². The van der Waals surface area contributed by atoms with E-state index in [0.717, 1.165) is 24.3 Å². The predicted molar refractivity (Wildman–Crippen MR) is 106 cm³/mol. The van der Waals surface area contributed by atoms with E-state index in [1.54, 1.807) is 24.3 Å². The molecular weight excluding hydrogens is 352 g/mol. The monoisotopic (exact) mass is 372 g/mol. The van der Waals surface area contributed by atoms with Gasteiger partial charge in [0, 0.05) is 29.5 Å². The van der Waals surface area contributed by atoms with Crippen LogP contribution in [0.5, 0.6) is 0 Å². The lowest BCUT2D eigenvalue weighted by Crippen LogP contribution is -2.32. The molecule has 0 atom stereocenters. The Morgan fingerprint density at radius 3 is 2.19 bits per heavy atom. The first-order valence-corrected chi connectivity index (χ1v) is 8.66. The van der Waals surface area contributed by atoms with Crippen LogP contribution in [0.25, 0.3) is 0 Å². The van der Waals surface area contributed by atoms with E-state index < -0.39 is 11.8 Å². The Morgan fingerprint density at radius 1 is 1.00 bits per heavy atom. The maximum atomic E-state index is 11.8. The third kappa shape index (κ3) is 5.60. The molecule has 2 amide bonds. The van der Waals surface area contributed by atoms with Crippen molar-refractivity contribution in [2.24, 2.45) is 5.10 Å². The zero-order valence-electron chi connectivity index (χ0n) is 14.7. The van der Waals surface area contributed by atoms with Crippen molar-refractivity contribution in [3.05, 3.63) is 59.1 Å². The minimum Gasteiger partial charge on any atom is -0.372 e. The molecule has 0 aliphatic rings. The minimum atomic E-state index is -0.851. The predicted octanol–water partition coefficient (Wildman–Crippen LogP) is 3.28. The summed E-state index contributed by atoms with van der Waals surface area (Å²) >= 11 is 5.77.